The third kappa shape index (κ3) is 5.26. The first-order chi connectivity index (χ1) is 9.94. The predicted octanol–water partition coefficient (Wildman–Crippen LogP) is 2.38. The molecule has 0 bridgehead atoms. The molecular weight excluding hydrogens is 283 g/mol. The van der Waals surface area contributed by atoms with Gasteiger partial charge in [-0.3, -0.25) is 4.79 Å². The number of carbonyl (C=O) groups excluding carboxylic acids is 1. The fourth-order valence-corrected chi connectivity index (χ4v) is 2.16. The van der Waals surface area contributed by atoms with Gasteiger partial charge in [0.2, 0.25) is 5.91 Å². The number of amides is 1. The topological polar surface area (TPSA) is 44.4 Å². The summed E-state index contributed by atoms with van der Waals surface area (Å²) in [6.45, 7) is 3.68. The Balaban J connectivity index is 1.85. The van der Waals surface area contributed by atoms with E-state index in [2.05, 4.69) is 15.5 Å². The van der Waals surface area contributed by atoms with Gasteiger partial charge in [0.05, 0.1) is 6.42 Å². The van der Waals surface area contributed by atoms with Gasteiger partial charge in [-0.05, 0) is 24.3 Å². The summed E-state index contributed by atoms with van der Waals surface area (Å²) in [5.74, 6) is -0.623. The van der Waals surface area contributed by atoms with E-state index >= 15 is 0 Å². The number of rotatable bonds is 4. The summed E-state index contributed by atoms with van der Waals surface area (Å²) in [5, 5.41) is 5.73. The molecule has 7 heteroatoms. The van der Waals surface area contributed by atoms with E-state index in [4.69, 9.17) is 0 Å². The highest BCUT2D eigenvalue weighted by atomic mass is 19.4. The summed E-state index contributed by atoms with van der Waals surface area (Å²) < 4.78 is 36.1. The summed E-state index contributed by atoms with van der Waals surface area (Å²) in [7, 11) is 0. The van der Waals surface area contributed by atoms with Crippen LogP contribution in [0.5, 0.6) is 0 Å². The lowest BCUT2D eigenvalue weighted by atomic mass is 10.2. The standard InChI is InChI=1S/C14H18F3N3O/c15-14(16,17)6-5-13(21)19-11-1-3-12(4-2-11)20-9-7-18-8-10-20/h1-4,18H,5-10H2,(H,19,21). The number of nitrogens with zero attached hydrogens (tertiary/aromatic N) is 1. The van der Waals surface area contributed by atoms with Crippen LogP contribution in [0.2, 0.25) is 0 Å². The van der Waals surface area contributed by atoms with Gasteiger partial charge in [0.25, 0.3) is 0 Å². The lowest BCUT2D eigenvalue weighted by Crippen LogP contribution is -2.43. The van der Waals surface area contributed by atoms with Crippen molar-refractivity contribution in [3.05, 3.63) is 24.3 Å². The molecule has 2 rings (SSSR count). The average Bonchev–Trinajstić information content (AvgIpc) is 2.46. The molecule has 0 spiro atoms. The van der Waals surface area contributed by atoms with Gasteiger partial charge in [-0.15, -0.1) is 0 Å². The SMILES string of the molecule is O=C(CCC(F)(F)F)Nc1ccc(N2CCNCC2)cc1. The summed E-state index contributed by atoms with van der Waals surface area (Å²) in [4.78, 5) is 13.6. The minimum absolute atomic E-state index is 0.515. The Morgan fingerprint density at radius 2 is 1.81 bits per heavy atom. The van der Waals surface area contributed by atoms with Gasteiger partial charge in [-0.25, -0.2) is 0 Å². The molecule has 1 aromatic rings. The van der Waals surface area contributed by atoms with Crippen LogP contribution in [-0.2, 0) is 4.79 Å². The molecular formula is C14H18F3N3O. The second kappa shape index (κ2) is 6.80. The molecule has 1 aliphatic rings. The maximum Gasteiger partial charge on any atom is 0.389 e. The Kier molecular flexibility index (Phi) is 5.06. The van der Waals surface area contributed by atoms with Crippen molar-refractivity contribution >= 4 is 17.3 Å². The number of hydrogen-bond donors (Lipinski definition) is 2. The third-order valence-corrected chi connectivity index (χ3v) is 3.27. The van der Waals surface area contributed by atoms with Crippen LogP contribution in [0.25, 0.3) is 0 Å². The number of hydrogen-bond acceptors (Lipinski definition) is 3. The van der Waals surface area contributed by atoms with Crippen molar-refractivity contribution in [1.29, 1.82) is 0 Å². The van der Waals surface area contributed by atoms with Gasteiger partial charge in [-0.2, -0.15) is 13.2 Å². The first kappa shape index (κ1) is 15.6. The average molecular weight is 301 g/mol. The van der Waals surface area contributed by atoms with Gasteiger partial charge in [0.1, 0.15) is 0 Å². The van der Waals surface area contributed by atoms with Gasteiger partial charge in [-0.1, -0.05) is 0 Å². The fraction of sp³-hybridized carbons (Fsp3) is 0.500. The van der Waals surface area contributed by atoms with Crippen molar-refractivity contribution < 1.29 is 18.0 Å². The van der Waals surface area contributed by atoms with Crippen molar-refractivity contribution in [1.82, 2.24) is 5.32 Å². The molecule has 0 unspecified atom stereocenters. The van der Waals surface area contributed by atoms with Crippen LogP contribution >= 0.6 is 0 Å². The Hall–Kier alpha value is -1.76. The fourth-order valence-electron chi connectivity index (χ4n) is 2.16. The maximum atomic E-state index is 12.0. The zero-order chi connectivity index (χ0) is 15.3. The van der Waals surface area contributed by atoms with Crippen molar-refractivity contribution in [2.75, 3.05) is 36.4 Å². The normalized spacial score (nSPS) is 15.9. The van der Waals surface area contributed by atoms with Crippen LogP contribution in [-0.4, -0.2) is 38.3 Å². The summed E-state index contributed by atoms with van der Waals surface area (Å²) >= 11 is 0. The number of nitrogens with one attached hydrogen (secondary N) is 2. The van der Waals surface area contributed by atoms with E-state index < -0.39 is 24.9 Å². The lowest BCUT2D eigenvalue weighted by Gasteiger charge is -2.29. The molecule has 1 heterocycles. The Morgan fingerprint density at radius 3 is 2.38 bits per heavy atom. The van der Waals surface area contributed by atoms with E-state index in [0.29, 0.717) is 5.69 Å². The van der Waals surface area contributed by atoms with Crippen LogP contribution in [0.15, 0.2) is 24.3 Å². The van der Waals surface area contributed by atoms with E-state index in [1.165, 1.54) is 0 Å². The van der Waals surface area contributed by atoms with Crippen LogP contribution in [0.3, 0.4) is 0 Å². The third-order valence-electron chi connectivity index (χ3n) is 3.27. The molecule has 1 fully saturated rings. The Morgan fingerprint density at radius 1 is 1.19 bits per heavy atom. The molecule has 21 heavy (non-hydrogen) atoms. The highest BCUT2D eigenvalue weighted by Crippen LogP contribution is 2.22. The number of piperazine rings is 1. The first-order valence-corrected chi connectivity index (χ1v) is 6.86. The zero-order valence-corrected chi connectivity index (χ0v) is 11.5. The second-order valence-electron chi connectivity index (χ2n) is 4.95. The van der Waals surface area contributed by atoms with Crippen LogP contribution in [0, 0.1) is 0 Å². The number of benzene rings is 1. The quantitative estimate of drug-likeness (QED) is 0.897. The summed E-state index contributed by atoms with van der Waals surface area (Å²) in [6, 6.07) is 7.15. The van der Waals surface area contributed by atoms with Crippen molar-refractivity contribution in [3.8, 4) is 0 Å². The van der Waals surface area contributed by atoms with E-state index in [0.717, 1.165) is 31.9 Å². The van der Waals surface area contributed by atoms with Gasteiger partial charge in [0, 0.05) is 44.0 Å². The minimum atomic E-state index is -4.30. The lowest BCUT2D eigenvalue weighted by molar-refractivity contribution is -0.142. The second-order valence-corrected chi connectivity index (χ2v) is 4.95. The maximum absolute atomic E-state index is 12.0. The van der Waals surface area contributed by atoms with Crippen LogP contribution in [0.4, 0.5) is 24.5 Å². The summed E-state index contributed by atoms with van der Waals surface area (Å²) in [5.41, 5.74) is 1.56. The molecule has 1 aliphatic heterocycles. The monoisotopic (exact) mass is 301 g/mol. The molecule has 2 N–H and O–H groups in total. The predicted molar refractivity (Wildman–Crippen MR) is 75.4 cm³/mol. The van der Waals surface area contributed by atoms with E-state index in [-0.39, 0.29) is 0 Å². The number of carbonyl (C=O) groups is 1. The molecule has 1 saturated heterocycles. The largest absolute Gasteiger partial charge is 0.389 e. The molecule has 0 aliphatic carbocycles. The molecule has 1 aromatic carbocycles. The van der Waals surface area contributed by atoms with Crippen LogP contribution < -0.4 is 15.5 Å². The summed E-state index contributed by atoms with van der Waals surface area (Å²) in [6.07, 6.45) is -5.95. The molecule has 0 saturated carbocycles. The van der Waals surface area contributed by atoms with Crippen LogP contribution in [0.1, 0.15) is 12.8 Å². The molecule has 0 atom stereocenters. The molecule has 116 valence electrons. The van der Waals surface area contributed by atoms with E-state index in [1.54, 1.807) is 12.1 Å². The van der Waals surface area contributed by atoms with Crippen molar-refractivity contribution in [2.45, 2.75) is 19.0 Å². The Labute approximate surface area is 121 Å². The van der Waals surface area contributed by atoms with E-state index in [1.807, 2.05) is 12.1 Å². The van der Waals surface area contributed by atoms with E-state index in [9.17, 15) is 18.0 Å². The van der Waals surface area contributed by atoms with Gasteiger partial charge in [0.15, 0.2) is 0 Å². The van der Waals surface area contributed by atoms with Crippen molar-refractivity contribution in [2.24, 2.45) is 0 Å². The number of alkyl halides is 3. The smallest absolute Gasteiger partial charge is 0.369 e. The molecule has 4 nitrogen and oxygen atoms in total. The Bertz CT molecular complexity index is 467. The van der Waals surface area contributed by atoms with Gasteiger partial charge >= 0.3 is 6.18 Å². The van der Waals surface area contributed by atoms with Crippen molar-refractivity contribution in [3.63, 3.8) is 0 Å². The minimum Gasteiger partial charge on any atom is -0.369 e. The first-order valence-electron chi connectivity index (χ1n) is 6.86. The number of halogens is 3. The zero-order valence-electron chi connectivity index (χ0n) is 11.5. The highest BCUT2D eigenvalue weighted by molar-refractivity contribution is 5.90. The molecule has 0 radical (unpaired) electrons. The number of anilines is 2. The highest BCUT2D eigenvalue weighted by Gasteiger charge is 2.27. The van der Waals surface area contributed by atoms with Gasteiger partial charge < -0.3 is 15.5 Å². The molecule has 1 amide bonds. The molecule has 0 aromatic heterocycles.